The maximum Gasteiger partial charge on any atom is 0.161 e. The fourth-order valence-corrected chi connectivity index (χ4v) is 2.61. The van der Waals surface area contributed by atoms with E-state index < -0.39 is 0 Å². The van der Waals surface area contributed by atoms with Gasteiger partial charge in [0, 0.05) is 11.6 Å². The van der Waals surface area contributed by atoms with E-state index in [9.17, 15) is 0 Å². The van der Waals surface area contributed by atoms with Crippen LogP contribution in [0.4, 0.5) is 11.5 Å². The molecule has 4 nitrogen and oxygen atoms in total. The van der Waals surface area contributed by atoms with Gasteiger partial charge in [0.2, 0.25) is 0 Å². The fourth-order valence-electron chi connectivity index (χ4n) is 2.61. The van der Waals surface area contributed by atoms with Gasteiger partial charge in [-0.3, -0.25) is 0 Å². The van der Waals surface area contributed by atoms with E-state index in [0.717, 1.165) is 17.2 Å². The Labute approximate surface area is 119 Å². The number of benzene rings is 1. The Hall–Kier alpha value is -2.10. The summed E-state index contributed by atoms with van der Waals surface area (Å²) in [6.07, 6.45) is 6.66. The van der Waals surface area contributed by atoms with Crippen molar-refractivity contribution in [3.8, 4) is 11.4 Å². The molecular weight excluding hydrogens is 248 g/mol. The third-order valence-corrected chi connectivity index (χ3v) is 3.82. The molecule has 104 valence electrons. The number of hydrogen-bond acceptors (Lipinski definition) is 4. The van der Waals surface area contributed by atoms with Crippen LogP contribution in [0.3, 0.4) is 0 Å². The molecule has 1 aliphatic carbocycles. The molecule has 0 spiro atoms. The molecule has 3 rings (SSSR count). The third-order valence-electron chi connectivity index (χ3n) is 3.82. The second kappa shape index (κ2) is 5.49. The van der Waals surface area contributed by atoms with Crippen LogP contribution >= 0.6 is 0 Å². The number of anilines is 2. The lowest BCUT2D eigenvalue weighted by Crippen LogP contribution is -2.17. The smallest absolute Gasteiger partial charge is 0.161 e. The number of aryl methyl sites for hydroxylation is 1. The van der Waals surface area contributed by atoms with Gasteiger partial charge in [0.1, 0.15) is 0 Å². The highest BCUT2D eigenvalue weighted by atomic mass is 15.1. The van der Waals surface area contributed by atoms with Crippen molar-refractivity contribution in [2.24, 2.45) is 0 Å². The second-order valence-electron chi connectivity index (χ2n) is 5.49. The van der Waals surface area contributed by atoms with Crippen LogP contribution in [-0.2, 0) is 0 Å². The van der Waals surface area contributed by atoms with Crippen LogP contribution in [0.1, 0.15) is 31.2 Å². The zero-order valence-corrected chi connectivity index (χ0v) is 11.8. The molecule has 3 N–H and O–H groups in total. The van der Waals surface area contributed by atoms with Gasteiger partial charge in [-0.1, -0.05) is 42.7 Å². The Morgan fingerprint density at radius 3 is 2.55 bits per heavy atom. The molecule has 4 heteroatoms. The zero-order chi connectivity index (χ0) is 13.9. The number of nitrogen functional groups attached to an aromatic ring is 1. The first-order chi connectivity index (χ1) is 9.72. The standard InChI is InChI=1S/C16H20N4/c1-11-6-8-12(9-7-11)15-18-10-14(17)16(20-15)19-13-4-2-3-5-13/h6-10,13H,2-5,17H2,1H3,(H,18,19,20). The summed E-state index contributed by atoms with van der Waals surface area (Å²) in [5.41, 5.74) is 8.85. The summed E-state index contributed by atoms with van der Waals surface area (Å²) in [7, 11) is 0. The summed E-state index contributed by atoms with van der Waals surface area (Å²) in [5.74, 6) is 1.49. The van der Waals surface area contributed by atoms with E-state index in [0.29, 0.717) is 11.7 Å². The molecule has 20 heavy (non-hydrogen) atoms. The minimum Gasteiger partial charge on any atom is -0.394 e. The molecule has 1 heterocycles. The Balaban J connectivity index is 1.87. The van der Waals surface area contributed by atoms with Crippen molar-refractivity contribution < 1.29 is 0 Å². The molecule has 0 aliphatic heterocycles. The van der Waals surface area contributed by atoms with E-state index in [1.54, 1.807) is 6.20 Å². The van der Waals surface area contributed by atoms with Crippen LogP contribution in [0.15, 0.2) is 30.5 Å². The average Bonchev–Trinajstić information content (AvgIpc) is 2.95. The quantitative estimate of drug-likeness (QED) is 0.895. The first kappa shape index (κ1) is 12.9. The van der Waals surface area contributed by atoms with Crippen LogP contribution in [0.25, 0.3) is 11.4 Å². The van der Waals surface area contributed by atoms with Gasteiger partial charge in [0.15, 0.2) is 11.6 Å². The van der Waals surface area contributed by atoms with Crippen LogP contribution in [0, 0.1) is 6.92 Å². The second-order valence-corrected chi connectivity index (χ2v) is 5.49. The van der Waals surface area contributed by atoms with E-state index in [1.165, 1.54) is 31.2 Å². The van der Waals surface area contributed by atoms with Crippen LogP contribution < -0.4 is 11.1 Å². The van der Waals surface area contributed by atoms with Gasteiger partial charge in [0.05, 0.1) is 11.9 Å². The monoisotopic (exact) mass is 268 g/mol. The Bertz CT molecular complexity index is 586. The lowest BCUT2D eigenvalue weighted by Gasteiger charge is -2.15. The minimum absolute atomic E-state index is 0.498. The van der Waals surface area contributed by atoms with Gasteiger partial charge in [-0.25, -0.2) is 9.97 Å². The van der Waals surface area contributed by atoms with Gasteiger partial charge >= 0.3 is 0 Å². The number of nitrogens with two attached hydrogens (primary N) is 1. The van der Waals surface area contributed by atoms with Gasteiger partial charge in [-0.05, 0) is 19.8 Å². The summed E-state index contributed by atoms with van der Waals surface area (Å²) >= 11 is 0. The van der Waals surface area contributed by atoms with Crippen LogP contribution in [0.5, 0.6) is 0 Å². The van der Waals surface area contributed by atoms with Crippen molar-refractivity contribution >= 4 is 11.5 Å². The molecule has 0 amide bonds. The molecule has 0 atom stereocenters. The Morgan fingerprint density at radius 1 is 1.15 bits per heavy atom. The fraction of sp³-hybridized carbons (Fsp3) is 0.375. The van der Waals surface area contributed by atoms with Crippen molar-refractivity contribution in [3.63, 3.8) is 0 Å². The zero-order valence-electron chi connectivity index (χ0n) is 11.8. The number of nitrogens with zero attached hydrogens (tertiary/aromatic N) is 2. The first-order valence-corrected chi connectivity index (χ1v) is 7.18. The predicted octanol–water partition coefficient (Wildman–Crippen LogP) is 3.39. The predicted molar refractivity (Wildman–Crippen MR) is 82.5 cm³/mol. The number of hydrogen-bond donors (Lipinski definition) is 2. The lowest BCUT2D eigenvalue weighted by molar-refractivity contribution is 0.750. The van der Waals surface area contributed by atoms with Gasteiger partial charge in [-0.2, -0.15) is 0 Å². The molecule has 1 aromatic heterocycles. The van der Waals surface area contributed by atoms with E-state index in [4.69, 9.17) is 5.73 Å². The van der Waals surface area contributed by atoms with Crippen LogP contribution in [0.2, 0.25) is 0 Å². The normalized spacial score (nSPS) is 15.4. The number of rotatable bonds is 3. The third kappa shape index (κ3) is 2.74. The van der Waals surface area contributed by atoms with E-state index in [-0.39, 0.29) is 0 Å². The summed E-state index contributed by atoms with van der Waals surface area (Å²) in [6.45, 7) is 2.07. The van der Waals surface area contributed by atoms with Crippen molar-refractivity contribution in [1.82, 2.24) is 9.97 Å². The molecule has 1 saturated carbocycles. The molecule has 1 aromatic carbocycles. The van der Waals surface area contributed by atoms with Gasteiger partial charge in [-0.15, -0.1) is 0 Å². The molecule has 0 saturated heterocycles. The summed E-state index contributed by atoms with van der Waals surface area (Å²) in [5, 5.41) is 3.45. The SMILES string of the molecule is Cc1ccc(-c2ncc(N)c(NC3CCCC3)n2)cc1. The molecule has 0 radical (unpaired) electrons. The largest absolute Gasteiger partial charge is 0.394 e. The number of nitrogens with one attached hydrogen (secondary N) is 1. The van der Waals surface area contributed by atoms with Crippen molar-refractivity contribution in [2.45, 2.75) is 38.6 Å². The van der Waals surface area contributed by atoms with E-state index in [1.807, 2.05) is 12.1 Å². The molecule has 1 aliphatic rings. The van der Waals surface area contributed by atoms with E-state index >= 15 is 0 Å². The maximum atomic E-state index is 5.98. The Morgan fingerprint density at radius 2 is 1.85 bits per heavy atom. The van der Waals surface area contributed by atoms with Crippen molar-refractivity contribution in [2.75, 3.05) is 11.1 Å². The summed E-state index contributed by atoms with van der Waals surface area (Å²) in [6, 6.07) is 8.72. The van der Waals surface area contributed by atoms with Gasteiger partial charge < -0.3 is 11.1 Å². The molecule has 2 aromatic rings. The first-order valence-electron chi connectivity index (χ1n) is 7.18. The van der Waals surface area contributed by atoms with Gasteiger partial charge in [0.25, 0.3) is 0 Å². The molecule has 0 unspecified atom stereocenters. The Kier molecular flexibility index (Phi) is 3.54. The lowest BCUT2D eigenvalue weighted by atomic mass is 10.1. The minimum atomic E-state index is 0.498. The highest BCUT2D eigenvalue weighted by Crippen LogP contribution is 2.26. The molecular formula is C16H20N4. The van der Waals surface area contributed by atoms with Crippen LogP contribution in [-0.4, -0.2) is 16.0 Å². The number of aromatic nitrogens is 2. The van der Waals surface area contributed by atoms with E-state index in [2.05, 4.69) is 34.3 Å². The maximum absolute atomic E-state index is 5.98. The highest BCUT2D eigenvalue weighted by Gasteiger charge is 2.16. The topological polar surface area (TPSA) is 63.8 Å². The summed E-state index contributed by atoms with van der Waals surface area (Å²) < 4.78 is 0. The van der Waals surface area contributed by atoms with Crippen molar-refractivity contribution in [1.29, 1.82) is 0 Å². The molecule has 0 bridgehead atoms. The van der Waals surface area contributed by atoms with Crippen molar-refractivity contribution in [3.05, 3.63) is 36.0 Å². The summed E-state index contributed by atoms with van der Waals surface area (Å²) in [4.78, 5) is 8.93. The average molecular weight is 268 g/mol. The highest BCUT2D eigenvalue weighted by molar-refractivity contribution is 5.65. The molecule has 1 fully saturated rings.